The Hall–Kier alpha value is -2.55. The van der Waals surface area contributed by atoms with Gasteiger partial charge in [-0.05, 0) is 52.6 Å². The molecule has 2 rings (SSSR count). The van der Waals surface area contributed by atoms with Crippen molar-refractivity contribution in [2.75, 3.05) is 11.8 Å². The van der Waals surface area contributed by atoms with Gasteiger partial charge in [0.2, 0.25) is 0 Å². The molecule has 0 aliphatic heterocycles. The molecular formula is C24H30F3NO4S. The van der Waals surface area contributed by atoms with Gasteiger partial charge in [0.25, 0.3) is 10.0 Å². The summed E-state index contributed by atoms with van der Waals surface area (Å²) in [7, 11) is -3.25. The summed E-state index contributed by atoms with van der Waals surface area (Å²) in [4.78, 5) is 12.0. The zero-order valence-corrected chi connectivity index (χ0v) is 20.6. The number of rotatable bonds is 7. The quantitative estimate of drug-likeness (QED) is 0.445. The monoisotopic (exact) mass is 485 g/mol. The molecule has 0 spiro atoms. The molecule has 0 amide bonds. The van der Waals surface area contributed by atoms with Crippen LogP contribution in [-0.2, 0) is 20.9 Å². The molecule has 182 valence electrons. The van der Waals surface area contributed by atoms with Gasteiger partial charge < -0.3 is 4.74 Å². The number of alkyl halides is 3. The molecule has 0 radical (unpaired) electrons. The first-order valence-corrected chi connectivity index (χ1v) is 12.1. The number of halogens is 3. The van der Waals surface area contributed by atoms with Crippen LogP contribution in [0, 0.1) is 0 Å². The predicted molar refractivity (Wildman–Crippen MR) is 122 cm³/mol. The third-order valence-corrected chi connectivity index (χ3v) is 6.80. The molecule has 0 atom stereocenters. The average Bonchev–Trinajstić information content (AvgIpc) is 2.70. The van der Waals surface area contributed by atoms with Crippen molar-refractivity contribution in [1.82, 2.24) is 0 Å². The summed E-state index contributed by atoms with van der Waals surface area (Å²) in [5.74, 6) is -1.15. The second-order valence-electron chi connectivity index (χ2n) is 8.89. The lowest BCUT2D eigenvalue weighted by Crippen LogP contribution is -2.20. The number of methoxy groups -OCH3 is 1. The molecule has 2 aromatic carbocycles. The van der Waals surface area contributed by atoms with Gasteiger partial charge in [0.1, 0.15) is 0 Å². The van der Waals surface area contributed by atoms with Crippen LogP contribution in [0.3, 0.4) is 0 Å². The summed E-state index contributed by atoms with van der Waals surface area (Å²) >= 11 is 0. The summed E-state index contributed by atoms with van der Waals surface area (Å²) in [5, 5.41) is 0. The Balaban J connectivity index is 2.75. The summed E-state index contributed by atoms with van der Waals surface area (Å²) < 4.78 is 74.1. The minimum Gasteiger partial charge on any atom is -0.465 e. The summed E-state index contributed by atoms with van der Waals surface area (Å²) in [5.41, 5.74) is 0.200. The molecule has 0 aromatic heterocycles. The molecule has 5 nitrogen and oxygen atoms in total. The van der Waals surface area contributed by atoms with Crippen LogP contribution in [0.25, 0.3) is 0 Å². The largest absolute Gasteiger partial charge is 0.465 e. The van der Waals surface area contributed by atoms with Crippen LogP contribution in [0.2, 0.25) is 0 Å². The lowest BCUT2D eigenvalue weighted by molar-refractivity contribution is -0.137. The number of nitrogens with one attached hydrogen (secondary N) is 1. The molecule has 0 saturated heterocycles. The number of hydrogen-bond donors (Lipinski definition) is 1. The van der Waals surface area contributed by atoms with Crippen LogP contribution in [-0.4, -0.2) is 21.5 Å². The standard InChI is InChI=1S/C24H30F3NO4S/c1-13(2)16-10-20(14(3)4)22(21(11-16)15(5)6)33(30,31)28-19-9-17(23(29)32-7)8-18(12-19)24(25,26)27/h8-15,28H,1-7H3. The number of benzene rings is 2. The molecular weight excluding hydrogens is 455 g/mol. The van der Waals surface area contributed by atoms with Crippen LogP contribution in [0.5, 0.6) is 0 Å². The highest BCUT2D eigenvalue weighted by molar-refractivity contribution is 7.92. The van der Waals surface area contributed by atoms with Gasteiger partial charge in [0, 0.05) is 0 Å². The SMILES string of the molecule is COC(=O)c1cc(NS(=O)(=O)c2c(C(C)C)cc(C(C)C)cc2C(C)C)cc(C(F)(F)F)c1. The highest BCUT2D eigenvalue weighted by atomic mass is 32.2. The molecule has 1 N–H and O–H groups in total. The molecule has 0 aliphatic rings. The molecule has 2 aromatic rings. The predicted octanol–water partition coefficient (Wildman–Crippen LogP) is 6.66. The van der Waals surface area contributed by atoms with Gasteiger partial charge in [-0.15, -0.1) is 0 Å². The van der Waals surface area contributed by atoms with E-state index in [0.717, 1.165) is 18.7 Å². The van der Waals surface area contributed by atoms with E-state index in [-0.39, 0.29) is 28.3 Å². The molecule has 33 heavy (non-hydrogen) atoms. The van der Waals surface area contributed by atoms with Gasteiger partial charge in [-0.3, -0.25) is 4.72 Å². The third-order valence-electron chi connectivity index (χ3n) is 5.28. The molecule has 0 fully saturated rings. The number of anilines is 1. The molecule has 0 saturated carbocycles. The van der Waals surface area contributed by atoms with Crippen LogP contribution >= 0.6 is 0 Å². The highest BCUT2D eigenvalue weighted by Gasteiger charge is 2.33. The van der Waals surface area contributed by atoms with E-state index in [0.29, 0.717) is 23.3 Å². The Morgan fingerprint density at radius 1 is 0.879 bits per heavy atom. The topological polar surface area (TPSA) is 72.5 Å². The molecule has 0 aliphatic carbocycles. The van der Waals surface area contributed by atoms with Gasteiger partial charge in [-0.1, -0.05) is 53.7 Å². The number of carbonyl (C=O) groups is 1. The van der Waals surface area contributed by atoms with E-state index >= 15 is 0 Å². The van der Waals surface area contributed by atoms with Crippen molar-refractivity contribution in [3.63, 3.8) is 0 Å². The van der Waals surface area contributed by atoms with E-state index in [1.807, 2.05) is 53.7 Å². The minimum absolute atomic E-state index is 0.0499. The van der Waals surface area contributed by atoms with Crippen molar-refractivity contribution in [3.05, 3.63) is 58.1 Å². The summed E-state index contributed by atoms with van der Waals surface area (Å²) in [6.07, 6.45) is -4.78. The van der Waals surface area contributed by atoms with E-state index in [1.54, 1.807) is 0 Å². The zero-order chi connectivity index (χ0) is 25.3. The number of esters is 1. The van der Waals surface area contributed by atoms with Gasteiger partial charge in [-0.2, -0.15) is 13.2 Å². The smallest absolute Gasteiger partial charge is 0.416 e. The van der Waals surface area contributed by atoms with Crippen molar-refractivity contribution in [2.45, 2.75) is 70.4 Å². The Labute approximate surface area is 193 Å². The fourth-order valence-corrected chi connectivity index (χ4v) is 5.23. The van der Waals surface area contributed by atoms with Gasteiger partial charge >= 0.3 is 12.1 Å². The van der Waals surface area contributed by atoms with E-state index in [1.165, 1.54) is 0 Å². The second-order valence-corrected chi connectivity index (χ2v) is 10.5. The molecule has 0 heterocycles. The first kappa shape index (κ1) is 26.7. The van der Waals surface area contributed by atoms with Crippen LogP contribution in [0.15, 0.2) is 35.2 Å². The Bertz CT molecular complexity index is 1110. The maximum absolute atomic E-state index is 13.5. The minimum atomic E-state index is -4.78. The maximum Gasteiger partial charge on any atom is 0.416 e. The summed E-state index contributed by atoms with van der Waals surface area (Å²) in [6, 6.07) is 5.99. The van der Waals surface area contributed by atoms with Crippen molar-refractivity contribution in [2.24, 2.45) is 0 Å². The van der Waals surface area contributed by atoms with Crippen molar-refractivity contribution >= 4 is 21.7 Å². The molecule has 0 unspecified atom stereocenters. The van der Waals surface area contributed by atoms with Crippen LogP contribution in [0.1, 0.15) is 91.9 Å². The molecule has 9 heteroatoms. The van der Waals surface area contributed by atoms with Gasteiger partial charge in [-0.25, -0.2) is 13.2 Å². The lowest BCUT2D eigenvalue weighted by atomic mass is 9.89. The lowest BCUT2D eigenvalue weighted by Gasteiger charge is -2.23. The van der Waals surface area contributed by atoms with Crippen LogP contribution in [0.4, 0.5) is 18.9 Å². The van der Waals surface area contributed by atoms with E-state index in [4.69, 9.17) is 0 Å². The summed E-state index contributed by atoms with van der Waals surface area (Å²) in [6.45, 7) is 11.5. The van der Waals surface area contributed by atoms with E-state index in [2.05, 4.69) is 9.46 Å². The Kier molecular flexibility index (Phi) is 7.89. The van der Waals surface area contributed by atoms with Gasteiger partial charge in [0.15, 0.2) is 0 Å². The number of hydrogen-bond acceptors (Lipinski definition) is 4. The second kappa shape index (κ2) is 9.75. The van der Waals surface area contributed by atoms with Gasteiger partial charge in [0.05, 0.1) is 28.8 Å². The first-order chi connectivity index (χ1) is 15.1. The fraction of sp³-hybridized carbons (Fsp3) is 0.458. The third kappa shape index (κ3) is 6.07. The maximum atomic E-state index is 13.5. The Morgan fingerprint density at radius 2 is 1.39 bits per heavy atom. The number of ether oxygens (including phenoxy) is 1. The highest BCUT2D eigenvalue weighted by Crippen LogP contribution is 2.37. The Morgan fingerprint density at radius 3 is 1.79 bits per heavy atom. The molecule has 0 bridgehead atoms. The first-order valence-electron chi connectivity index (χ1n) is 10.6. The fourth-order valence-electron chi connectivity index (χ4n) is 3.49. The van der Waals surface area contributed by atoms with E-state index in [9.17, 15) is 26.4 Å². The van der Waals surface area contributed by atoms with E-state index < -0.39 is 33.3 Å². The van der Waals surface area contributed by atoms with Crippen LogP contribution < -0.4 is 4.72 Å². The van der Waals surface area contributed by atoms with Crippen molar-refractivity contribution in [3.8, 4) is 0 Å². The normalized spacial score (nSPS) is 12.5. The number of carbonyl (C=O) groups excluding carboxylic acids is 1. The van der Waals surface area contributed by atoms with Crippen molar-refractivity contribution in [1.29, 1.82) is 0 Å². The number of sulfonamides is 1. The average molecular weight is 486 g/mol. The zero-order valence-electron chi connectivity index (χ0n) is 19.8. The van der Waals surface area contributed by atoms with Crippen molar-refractivity contribution < 1.29 is 31.1 Å².